The first kappa shape index (κ1) is 15.6. The van der Waals surface area contributed by atoms with Crippen LogP contribution in [0.3, 0.4) is 0 Å². The second-order valence-corrected chi connectivity index (χ2v) is 5.34. The van der Waals surface area contributed by atoms with Crippen LogP contribution >= 0.6 is 0 Å². The Kier molecular flexibility index (Phi) is 4.69. The van der Waals surface area contributed by atoms with Gasteiger partial charge < -0.3 is 14.2 Å². The van der Waals surface area contributed by atoms with E-state index in [2.05, 4.69) is 0 Å². The number of nitrogens with zero attached hydrogens (tertiary/aromatic N) is 1. The maximum absolute atomic E-state index is 6.15. The molecule has 0 saturated carbocycles. The predicted molar refractivity (Wildman–Crippen MR) is 87.0 cm³/mol. The van der Waals surface area contributed by atoms with E-state index < -0.39 is 0 Å². The fraction of sp³-hybridized carbons (Fsp3) is 0.333. The van der Waals surface area contributed by atoms with Crippen LogP contribution in [0.1, 0.15) is 17.2 Å². The van der Waals surface area contributed by atoms with Gasteiger partial charge in [-0.05, 0) is 5.56 Å². The summed E-state index contributed by atoms with van der Waals surface area (Å²) in [4.78, 5) is 6.15. The molecule has 1 heterocycles. The number of benzene rings is 2. The van der Waals surface area contributed by atoms with Crippen molar-refractivity contribution in [1.82, 2.24) is 5.06 Å². The smallest absolute Gasteiger partial charge is 0.137 e. The summed E-state index contributed by atoms with van der Waals surface area (Å²) in [6, 6.07) is 13.8. The number of likely N-dealkylation sites (N-methyl/N-ethyl adjacent to an activating group) is 1. The number of hydrogen-bond donors (Lipinski definition) is 0. The zero-order valence-corrected chi connectivity index (χ0v) is 13.6. The summed E-state index contributed by atoms with van der Waals surface area (Å²) in [5, 5.41) is 1.80. The molecule has 0 spiro atoms. The van der Waals surface area contributed by atoms with Crippen molar-refractivity contribution in [2.24, 2.45) is 0 Å². The SMILES string of the molecule is COc1cc(OC)c2c(c1)OCCN(C)OC2c1ccccc1. The number of fused-ring (bicyclic) bond motifs is 1. The molecule has 23 heavy (non-hydrogen) atoms. The first-order valence-electron chi connectivity index (χ1n) is 7.54. The van der Waals surface area contributed by atoms with Crippen LogP contribution in [0.2, 0.25) is 0 Å². The van der Waals surface area contributed by atoms with E-state index in [9.17, 15) is 0 Å². The third-order valence-corrected chi connectivity index (χ3v) is 3.85. The highest BCUT2D eigenvalue weighted by Gasteiger charge is 2.28. The normalized spacial score (nSPS) is 18.3. The Morgan fingerprint density at radius 2 is 1.87 bits per heavy atom. The fourth-order valence-corrected chi connectivity index (χ4v) is 2.67. The van der Waals surface area contributed by atoms with Gasteiger partial charge in [0, 0.05) is 19.2 Å². The molecule has 0 N–H and O–H groups in total. The second kappa shape index (κ2) is 6.89. The van der Waals surface area contributed by atoms with Gasteiger partial charge in [0.2, 0.25) is 0 Å². The molecule has 0 fully saturated rings. The summed E-state index contributed by atoms with van der Waals surface area (Å²) in [5.74, 6) is 2.10. The lowest BCUT2D eigenvalue weighted by Gasteiger charge is -2.30. The summed E-state index contributed by atoms with van der Waals surface area (Å²) >= 11 is 0. The zero-order chi connectivity index (χ0) is 16.2. The van der Waals surface area contributed by atoms with Gasteiger partial charge in [0.15, 0.2) is 0 Å². The Morgan fingerprint density at radius 1 is 1.09 bits per heavy atom. The quantitative estimate of drug-likeness (QED) is 0.870. The monoisotopic (exact) mass is 315 g/mol. The average molecular weight is 315 g/mol. The number of rotatable bonds is 3. The summed E-state index contributed by atoms with van der Waals surface area (Å²) < 4.78 is 16.9. The highest BCUT2D eigenvalue weighted by Crippen LogP contribution is 2.43. The van der Waals surface area contributed by atoms with Crippen molar-refractivity contribution in [1.29, 1.82) is 0 Å². The van der Waals surface area contributed by atoms with E-state index in [0.717, 1.165) is 16.9 Å². The van der Waals surface area contributed by atoms with Gasteiger partial charge in [0.05, 0.1) is 26.3 Å². The highest BCUT2D eigenvalue weighted by molar-refractivity contribution is 5.54. The van der Waals surface area contributed by atoms with Crippen molar-refractivity contribution in [2.45, 2.75) is 6.10 Å². The van der Waals surface area contributed by atoms with E-state index in [4.69, 9.17) is 19.0 Å². The molecule has 3 rings (SSSR count). The molecule has 1 unspecified atom stereocenters. The Balaban J connectivity index is 2.16. The van der Waals surface area contributed by atoms with E-state index in [1.165, 1.54) is 0 Å². The summed E-state index contributed by atoms with van der Waals surface area (Å²) in [5.41, 5.74) is 1.90. The van der Waals surface area contributed by atoms with E-state index >= 15 is 0 Å². The third kappa shape index (κ3) is 3.25. The average Bonchev–Trinajstić information content (AvgIpc) is 2.58. The first-order chi connectivity index (χ1) is 11.2. The largest absolute Gasteiger partial charge is 0.496 e. The van der Waals surface area contributed by atoms with Crippen LogP contribution in [0.15, 0.2) is 42.5 Å². The molecule has 0 saturated heterocycles. The van der Waals surface area contributed by atoms with Gasteiger partial charge >= 0.3 is 0 Å². The van der Waals surface area contributed by atoms with Crippen molar-refractivity contribution < 1.29 is 19.0 Å². The van der Waals surface area contributed by atoms with Crippen LogP contribution in [-0.4, -0.2) is 39.5 Å². The molecule has 0 bridgehead atoms. The van der Waals surface area contributed by atoms with E-state index in [1.54, 1.807) is 19.3 Å². The standard InChI is InChI=1S/C18H21NO4/c1-19-9-10-22-16-12-14(20-2)11-15(21-3)17(16)18(23-19)13-7-5-4-6-8-13/h4-8,11-12,18H,9-10H2,1-3H3. The van der Waals surface area contributed by atoms with Crippen molar-refractivity contribution in [3.05, 3.63) is 53.6 Å². The maximum atomic E-state index is 6.15. The Bertz CT molecular complexity index is 660. The van der Waals surface area contributed by atoms with Crippen LogP contribution < -0.4 is 14.2 Å². The Hall–Kier alpha value is -2.24. The number of hydroxylamine groups is 2. The van der Waals surface area contributed by atoms with Crippen LogP contribution in [-0.2, 0) is 4.84 Å². The molecule has 122 valence electrons. The third-order valence-electron chi connectivity index (χ3n) is 3.85. The van der Waals surface area contributed by atoms with Crippen molar-refractivity contribution in [3.63, 3.8) is 0 Å². The zero-order valence-electron chi connectivity index (χ0n) is 13.6. The molecule has 5 heteroatoms. The number of hydrogen-bond acceptors (Lipinski definition) is 5. The lowest BCUT2D eigenvalue weighted by molar-refractivity contribution is -0.178. The summed E-state index contributed by atoms with van der Waals surface area (Å²) in [7, 11) is 5.17. The van der Waals surface area contributed by atoms with Gasteiger partial charge in [-0.2, -0.15) is 5.06 Å². The van der Waals surface area contributed by atoms with Gasteiger partial charge in [0.1, 0.15) is 30.0 Å². The van der Waals surface area contributed by atoms with Crippen LogP contribution in [0.4, 0.5) is 0 Å². The molecule has 1 aliphatic rings. The van der Waals surface area contributed by atoms with E-state index in [0.29, 0.717) is 24.7 Å². The topological polar surface area (TPSA) is 40.2 Å². The Labute approximate surface area is 136 Å². The minimum absolute atomic E-state index is 0.308. The van der Waals surface area contributed by atoms with Crippen molar-refractivity contribution in [2.75, 3.05) is 34.4 Å². The van der Waals surface area contributed by atoms with E-state index in [-0.39, 0.29) is 6.10 Å². The number of methoxy groups -OCH3 is 2. The number of ether oxygens (including phenoxy) is 3. The van der Waals surface area contributed by atoms with Crippen molar-refractivity contribution >= 4 is 0 Å². The molecular formula is C18H21NO4. The lowest BCUT2D eigenvalue weighted by atomic mass is 9.99. The predicted octanol–water partition coefficient (Wildman–Crippen LogP) is 3.05. The molecule has 0 aliphatic carbocycles. The molecule has 2 aromatic carbocycles. The lowest BCUT2D eigenvalue weighted by Crippen LogP contribution is -2.30. The molecule has 5 nitrogen and oxygen atoms in total. The molecule has 0 radical (unpaired) electrons. The molecule has 2 aromatic rings. The minimum Gasteiger partial charge on any atom is -0.496 e. The fourth-order valence-electron chi connectivity index (χ4n) is 2.67. The van der Waals surface area contributed by atoms with Gasteiger partial charge in [-0.15, -0.1) is 0 Å². The summed E-state index contributed by atoms with van der Waals surface area (Å²) in [6.07, 6.45) is -0.308. The van der Waals surface area contributed by atoms with Crippen LogP contribution in [0, 0.1) is 0 Å². The van der Waals surface area contributed by atoms with E-state index in [1.807, 2.05) is 49.5 Å². The molecular weight excluding hydrogens is 294 g/mol. The minimum atomic E-state index is -0.308. The molecule has 0 amide bonds. The maximum Gasteiger partial charge on any atom is 0.137 e. The van der Waals surface area contributed by atoms with Gasteiger partial charge in [-0.3, -0.25) is 4.84 Å². The van der Waals surface area contributed by atoms with Crippen molar-refractivity contribution in [3.8, 4) is 17.2 Å². The second-order valence-electron chi connectivity index (χ2n) is 5.34. The molecule has 1 aliphatic heterocycles. The van der Waals surface area contributed by atoms with Crippen LogP contribution in [0.25, 0.3) is 0 Å². The first-order valence-corrected chi connectivity index (χ1v) is 7.54. The molecule has 0 aromatic heterocycles. The highest BCUT2D eigenvalue weighted by atomic mass is 16.7. The molecule has 1 atom stereocenters. The van der Waals surface area contributed by atoms with Gasteiger partial charge in [-0.1, -0.05) is 30.3 Å². The van der Waals surface area contributed by atoms with Gasteiger partial charge in [-0.25, -0.2) is 0 Å². The Morgan fingerprint density at radius 3 is 2.57 bits per heavy atom. The van der Waals surface area contributed by atoms with Crippen LogP contribution in [0.5, 0.6) is 17.2 Å². The summed E-state index contributed by atoms with van der Waals surface area (Å²) in [6.45, 7) is 1.20. The van der Waals surface area contributed by atoms with Gasteiger partial charge in [0.25, 0.3) is 0 Å².